The van der Waals surface area contributed by atoms with Crippen LogP contribution >= 0.6 is 18.0 Å². The van der Waals surface area contributed by atoms with Crippen LogP contribution in [0, 0.1) is 12.3 Å². The van der Waals surface area contributed by atoms with Gasteiger partial charge < -0.3 is 4.52 Å². The van der Waals surface area contributed by atoms with Gasteiger partial charge in [0, 0.05) is 12.9 Å². The first kappa shape index (κ1) is 7.94. The van der Waals surface area contributed by atoms with E-state index in [1.807, 2.05) is 0 Å². The summed E-state index contributed by atoms with van der Waals surface area (Å²) in [5.74, 6) is 4.04. The van der Waals surface area contributed by atoms with Crippen LogP contribution in [0.1, 0.15) is 0 Å². The summed E-state index contributed by atoms with van der Waals surface area (Å²) in [6.45, 7) is -2.53. The van der Waals surface area contributed by atoms with E-state index >= 15 is 0 Å². The predicted octanol–water partition coefficient (Wildman–Crippen LogP) is 2.09. The Balaban J connectivity index is 2.71. The highest BCUT2D eigenvalue weighted by Crippen LogP contribution is 2.66. The average Bonchev–Trinajstić information content (AvgIpc) is 2.33. The number of terminal acetylenes is 1. The van der Waals surface area contributed by atoms with Gasteiger partial charge in [0.25, 0.3) is 6.57 Å². The highest BCUT2D eigenvalue weighted by Gasteiger charge is 2.28. The second-order valence-corrected chi connectivity index (χ2v) is 6.38. The van der Waals surface area contributed by atoms with E-state index in [1.165, 1.54) is 18.5 Å². The molecule has 0 amide bonds. The highest BCUT2D eigenvalue weighted by molar-refractivity contribution is 8.58. The number of rotatable bonds is 1. The van der Waals surface area contributed by atoms with Crippen LogP contribution in [0.25, 0.3) is 0 Å². The lowest BCUT2D eigenvalue weighted by atomic mass is 10.4. The van der Waals surface area contributed by atoms with Crippen molar-refractivity contribution in [2.24, 2.45) is 0 Å². The summed E-state index contributed by atoms with van der Waals surface area (Å²) in [7, 11) is 1.43. The summed E-state index contributed by atoms with van der Waals surface area (Å²) < 4.78 is 16.1. The molecule has 2 atom stereocenters. The van der Waals surface area contributed by atoms with Crippen molar-refractivity contribution in [2.75, 3.05) is 7.11 Å². The molecule has 2 unspecified atom stereocenters. The first-order chi connectivity index (χ1) is 4.70. The van der Waals surface area contributed by atoms with Gasteiger partial charge in [-0.1, -0.05) is 12.0 Å². The smallest absolute Gasteiger partial charge is 0.281 e. The molecule has 1 rings (SSSR count). The topological polar surface area (TPSA) is 26.3 Å². The Hall–Kier alpha value is -0.160. The molecule has 0 aromatic heterocycles. The Morgan fingerprint density at radius 3 is 2.90 bits per heavy atom. The molecule has 10 heavy (non-hydrogen) atoms. The maximum absolute atomic E-state index is 11.3. The van der Waals surface area contributed by atoms with Crippen LogP contribution in [0.5, 0.6) is 0 Å². The molecule has 0 spiro atoms. The summed E-state index contributed by atoms with van der Waals surface area (Å²) >= 11 is 1.20. The van der Waals surface area contributed by atoms with E-state index in [0.717, 1.165) is 0 Å². The van der Waals surface area contributed by atoms with Crippen LogP contribution in [0.3, 0.4) is 0 Å². The Kier molecular flexibility index (Phi) is 2.25. The summed E-state index contributed by atoms with van der Waals surface area (Å²) in [5, 5.41) is -0.0780. The predicted molar refractivity (Wildman–Crippen MR) is 44.0 cm³/mol. The molecule has 0 N–H and O–H groups in total. The minimum atomic E-state index is -2.53. The summed E-state index contributed by atoms with van der Waals surface area (Å²) in [6.07, 6.45) is 6.84. The SMILES string of the molecule is C#CC1C=CP(=O)(OC)S1. The van der Waals surface area contributed by atoms with E-state index in [2.05, 4.69) is 5.92 Å². The zero-order valence-electron chi connectivity index (χ0n) is 5.48. The Morgan fingerprint density at radius 2 is 2.60 bits per heavy atom. The van der Waals surface area contributed by atoms with Crippen LogP contribution in [0.15, 0.2) is 11.9 Å². The normalized spacial score (nSPS) is 37.8. The molecule has 0 aromatic rings. The van der Waals surface area contributed by atoms with Gasteiger partial charge in [0.15, 0.2) is 0 Å². The average molecular weight is 174 g/mol. The zero-order chi connectivity index (χ0) is 7.61. The van der Waals surface area contributed by atoms with E-state index in [-0.39, 0.29) is 5.25 Å². The molecule has 1 aliphatic heterocycles. The third kappa shape index (κ3) is 1.46. The largest absolute Gasteiger partial charge is 0.322 e. The van der Waals surface area contributed by atoms with Crippen molar-refractivity contribution < 1.29 is 9.09 Å². The van der Waals surface area contributed by atoms with Gasteiger partial charge in [-0.2, -0.15) is 0 Å². The van der Waals surface area contributed by atoms with Crippen LogP contribution in [0.4, 0.5) is 0 Å². The van der Waals surface area contributed by atoms with Gasteiger partial charge in [0.05, 0.1) is 5.25 Å². The first-order valence-corrected chi connectivity index (χ1v) is 5.87. The second-order valence-electron chi connectivity index (χ2n) is 1.76. The van der Waals surface area contributed by atoms with Gasteiger partial charge in [-0.05, 0) is 11.4 Å². The van der Waals surface area contributed by atoms with Crippen molar-refractivity contribution in [3.63, 3.8) is 0 Å². The van der Waals surface area contributed by atoms with Crippen LogP contribution in [-0.4, -0.2) is 12.4 Å². The van der Waals surface area contributed by atoms with Crippen molar-refractivity contribution in [3.8, 4) is 12.3 Å². The first-order valence-electron chi connectivity index (χ1n) is 2.69. The Morgan fingerprint density at radius 1 is 1.90 bits per heavy atom. The Labute approximate surface area is 64.2 Å². The van der Waals surface area contributed by atoms with Gasteiger partial charge in [0.1, 0.15) is 0 Å². The fourth-order valence-corrected chi connectivity index (χ4v) is 3.93. The van der Waals surface area contributed by atoms with Crippen LogP contribution < -0.4 is 0 Å². The fourth-order valence-electron chi connectivity index (χ4n) is 0.602. The highest BCUT2D eigenvalue weighted by atomic mass is 32.7. The van der Waals surface area contributed by atoms with Crippen molar-refractivity contribution >= 4 is 18.0 Å². The standard InChI is InChI=1S/C6H7O2PS/c1-3-6-4-5-9(7,8-2)10-6/h1,4-6H,2H3. The number of hydrogen-bond acceptors (Lipinski definition) is 3. The minimum absolute atomic E-state index is 0.0780. The molecule has 1 aliphatic rings. The maximum atomic E-state index is 11.3. The molecule has 4 heteroatoms. The number of hydrogen-bond donors (Lipinski definition) is 0. The molecule has 0 saturated heterocycles. The van der Waals surface area contributed by atoms with Crippen molar-refractivity contribution in [1.29, 1.82) is 0 Å². The van der Waals surface area contributed by atoms with Gasteiger partial charge >= 0.3 is 0 Å². The molecular weight excluding hydrogens is 167 g/mol. The quantitative estimate of drug-likeness (QED) is 0.449. The van der Waals surface area contributed by atoms with E-state index in [9.17, 15) is 4.57 Å². The van der Waals surface area contributed by atoms with Gasteiger partial charge in [-0.25, -0.2) is 0 Å². The summed E-state index contributed by atoms with van der Waals surface area (Å²) in [4.78, 5) is 0. The Bertz CT molecular complexity index is 241. The van der Waals surface area contributed by atoms with Gasteiger partial charge in [-0.3, -0.25) is 4.57 Å². The summed E-state index contributed by atoms with van der Waals surface area (Å²) in [6, 6.07) is 0. The molecule has 0 aliphatic carbocycles. The molecule has 0 bridgehead atoms. The third-order valence-corrected chi connectivity index (χ3v) is 5.36. The molecule has 1 heterocycles. The van der Waals surface area contributed by atoms with E-state index in [0.29, 0.717) is 0 Å². The van der Waals surface area contributed by atoms with E-state index in [1.54, 1.807) is 11.9 Å². The second kappa shape index (κ2) is 2.84. The molecule has 54 valence electrons. The van der Waals surface area contributed by atoms with Crippen molar-refractivity contribution in [3.05, 3.63) is 11.9 Å². The maximum Gasteiger partial charge on any atom is 0.281 e. The van der Waals surface area contributed by atoms with Gasteiger partial charge in [0.2, 0.25) is 0 Å². The monoisotopic (exact) mass is 174 g/mol. The molecular formula is C6H7O2PS. The van der Waals surface area contributed by atoms with Crippen LogP contribution in [0.2, 0.25) is 0 Å². The zero-order valence-corrected chi connectivity index (χ0v) is 7.19. The molecule has 0 saturated carbocycles. The molecule has 2 nitrogen and oxygen atoms in total. The lowest BCUT2D eigenvalue weighted by Crippen LogP contribution is -1.84. The van der Waals surface area contributed by atoms with E-state index in [4.69, 9.17) is 10.9 Å². The lowest BCUT2D eigenvalue weighted by Gasteiger charge is -2.04. The fraction of sp³-hybridized carbons (Fsp3) is 0.333. The van der Waals surface area contributed by atoms with E-state index < -0.39 is 6.57 Å². The van der Waals surface area contributed by atoms with Gasteiger partial charge in [-0.15, -0.1) is 6.42 Å². The molecule has 0 aromatic carbocycles. The molecule has 0 radical (unpaired) electrons. The third-order valence-electron chi connectivity index (χ3n) is 1.12. The summed E-state index contributed by atoms with van der Waals surface area (Å²) in [5.41, 5.74) is 0. The van der Waals surface area contributed by atoms with Crippen molar-refractivity contribution in [2.45, 2.75) is 5.25 Å². The lowest BCUT2D eigenvalue weighted by molar-refractivity contribution is 0.418. The molecule has 0 fully saturated rings. The van der Waals surface area contributed by atoms with Crippen molar-refractivity contribution in [1.82, 2.24) is 0 Å². The minimum Gasteiger partial charge on any atom is -0.322 e. The van der Waals surface area contributed by atoms with Crippen LogP contribution in [-0.2, 0) is 9.09 Å².